The van der Waals surface area contributed by atoms with Crippen molar-refractivity contribution in [3.8, 4) is 0 Å². The molecule has 0 aliphatic carbocycles. The van der Waals surface area contributed by atoms with E-state index in [2.05, 4.69) is 42.4 Å². The van der Waals surface area contributed by atoms with Gasteiger partial charge in [-0.2, -0.15) is 5.10 Å². The number of nitrogens with one attached hydrogen (secondary N) is 1. The van der Waals surface area contributed by atoms with Crippen LogP contribution in [-0.2, 0) is 7.05 Å². The van der Waals surface area contributed by atoms with Crippen molar-refractivity contribution >= 4 is 31.9 Å². The van der Waals surface area contributed by atoms with Crippen LogP contribution in [0, 0.1) is 5.82 Å². The second kappa shape index (κ2) is 5.48. The van der Waals surface area contributed by atoms with Crippen LogP contribution >= 0.6 is 31.9 Å². The van der Waals surface area contributed by atoms with E-state index in [1.165, 1.54) is 6.07 Å². The minimum Gasteiger partial charge on any atom is -0.271 e. The summed E-state index contributed by atoms with van der Waals surface area (Å²) in [7, 11) is 1.78. The highest BCUT2D eigenvalue weighted by Crippen LogP contribution is 2.30. The molecule has 96 valence electrons. The average Bonchev–Trinajstić information content (AvgIpc) is 2.66. The van der Waals surface area contributed by atoms with Gasteiger partial charge in [0.1, 0.15) is 5.82 Å². The number of nitrogens with zero attached hydrogens (tertiary/aromatic N) is 2. The third kappa shape index (κ3) is 2.49. The van der Waals surface area contributed by atoms with Gasteiger partial charge < -0.3 is 0 Å². The first-order valence-corrected chi connectivity index (χ1v) is 6.71. The summed E-state index contributed by atoms with van der Waals surface area (Å²) < 4.78 is 17.1. The van der Waals surface area contributed by atoms with Gasteiger partial charge in [-0.3, -0.25) is 10.5 Å². The standard InChI is InChI=1S/C11H11Br2FN4/c1-18-11(8(13)5-16-18)10(17-15)7-4-6(12)2-3-9(7)14/h2-5,10,17H,15H2,1H3. The number of hydrogen-bond acceptors (Lipinski definition) is 3. The second-order valence-electron chi connectivity index (χ2n) is 3.77. The molecular weight excluding hydrogens is 367 g/mol. The lowest BCUT2D eigenvalue weighted by Gasteiger charge is -2.18. The molecule has 4 nitrogen and oxygen atoms in total. The Balaban J connectivity index is 2.55. The van der Waals surface area contributed by atoms with Crippen molar-refractivity contribution in [3.05, 3.63) is 50.4 Å². The number of rotatable bonds is 3. The summed E-state index contributed by atoms with van der Waals surface area (Å²) in [6.45, 7) is 0. The lowest BCUT2D eigenvalue weighted by molar-refractivity contribution is 0.531. The van der Waals surface area contributed by atoms with Gasteiger partial charge in [-0.25, -0.2) is 9.82 Å². The smallest absolute Gasteiger partial charge is 0.128 e. The van der Waals surface area contributed by atoms with Gasteiger partial charge in [0.2, 0.25) is 0 Å². The molecule has 0 spiro atoms. The molecule has 0 amide bonds. The van der Waals surface area contributed by atoms with Gasteiger partial charge in [0.15, 0.2) is 0 Å². The van der Waals surface area contributed by atoms with Gasteiger partial charge in [0, 0.05) is 17.1 Å². The van der Waals surface area contributed by atoms with Crippen LogP contribution in [0.4, 0.5) is 4.39 Å². The molecular formula is C11H11Br2FN4. The summed E-state index contributed by atoms with van der Waals surface area (Å²) in [5.74, 6) is 5.23. The van der Waals surface area contributed by atoms with Crippen molar-refractivity contribution in [3.63, 3.8) is 0 Å². The number of benzene rings is 1. The zero-order valence-corrected chi connectivity index (χ0v) is 12.7. The maximum atomic E-state index is 13.9. The fourth-order valence-electron chi connectivity index (χ4n) is 1.80. The molecule has 0 radical (unpaired) electrons. The number of hydrogen-bond donors (Lipinski definition) is 2. The summed E-state index contributed by atoms with van der Waals surface area (Å²) >= 11 is 6.71. The van der Waals surface area contributed by atoms with Crippen molar-refractivity contribution in [2.75, 3.05) is 0 Å². The molecule has 0 bridgehead atoms. The van der Waals surface area contributed by atoms with Gasteiger partial charge in [-0.15, -0.1) is 0 Å². The summed E-state index contributed by atoms with van der Waals surface area (Å²) in [5, 5.41) is 4.10. The van der Waals surface area contributed by atoms with Crippen LogP contribution in [0.25, 0.3) is 0 Å². The predicted molar refractivity (Wildman–Crippen MR) is 74.2 cm³/mol. The highest BCUT2D eigenvalue weighted by Gasteiger charge is 2.22. The van der Waals surface area contributed by atoms with E-state index >= 15 is 0 Å². The Hall–Kier alpha value is -0.760. The Morgan fingerprint density at radius 3 is 2.72 bits per heavy atom. The minimum absolute atomic E-state index is 0.325. The lowest BCUT2D eigenvalue weighted by Crippen LogP contribution is -2.31. The molecule has 0 aliphatic rings. The van der Waals surface area contributed by atoms with Gasteiger partial charge in [-0.1, -0.05) is 15.9 Å². The number of halogens is 3. The molecule has 18 heavy (non-hydrogen) atoms. The first-order valence-electron chi connectivity index (χ1n) is 5.13. The Labute approximate surface area is 121 Å². The zero-order chi connectivity index (χ0) is 13.3. The van der Waals surface area contributed by atoms with E-state index in [9.17, 15) is 4.39 Å². The molecule has 0 saturated carbocycles. The Morgan fingerprint density at radius 1 is 1.44 bits per heavy atom. The van der Waals surface area contributed by atoms with E-state index in [0.717, 1.165) is 14.6 Å². The fourth-order valence-corrected chi connectivity index (χ4v) is 2.75. The molecule has 0 aliphatic heterocycles. The Bertz CT molecular complexity index is 551. The monoisotopic (exact) mass is 376 g/mol. The lowest BCUT2D eigenvalue weighted by atomic mass is 10.0. The van der Waals surface area contributed by atoms with Crippen molar-refractivity contribution in [1.29, 1.82) is 0 Å². The molecule has 1 heterocycles. The first kappa shape index (κ1) is 13.7. The number of aryl methyl sites for hydroxylation is 1. The summed E-state index contributed by atoms with van der Waals surface area (Å²) in [6.07, 6.45) is 1.65. The van der Waals surface area contributed by atoms with Crippen molar-refractivity contribution in [2.45, 2.75) is 6.04 Å². The van der Waals surface area contributed by atoms with Gasteiger partial charge in [0.25, 0.3) is 0 Å². The quantitative estimate of drug-likeness (QED) is 0.638. The van der Waals surface area contributed by atoms with Gasteiger partial charge >= 0.3 is 0 Å². The van der Waals surface area contributed by atoms with Crippen LogP contribution in [-0.4, -0.2) is 9.78 Å². The second-order valence-corrected chi connectivity index (χ2v) is 5.54. The van der Waals surface area contributed by atoms with Crippen molar-refractivity contribution in [2.24, 2.45) is 12.9 Å². The van der Waals surface area contributed by atoms with E-state index in [1.807, 2.05) is 0 Å². The van der Waals surface area contributed by atoms with E-state index in [1.54, 1.807) is 30.1 Å². The van der Waals surface area contributed by atoms with Gasteiger partial charge in [0.05, 0.1) is 22.4 Å². The molecule has 2 rings (SSSR count). The molecule has 7 heteroatoms. The van der Waals surface area contributed by atoms with Crippen LogP contribution in [0.5, 0.6) is 0 Å². The Morgan fingerprint density at radius 2 is 2.17 bits per heavy atom. The van der Waals surface area contributed by atoms with Crippen LogP contribution in [0.15, 0.2) is 33.3 Å². The molecule has 2 aromatic rings. The highest BCUT2D eigenvalue weighted by atomic mass is 79.9. The third-order valence-corrected chi connectivity index (χ3v) is 3.75. The van der Waals surface area contributed by atoms with E-state index in [0.29, 0.717) is 5.56 Å². The van der Waals surface area contributed by atoms with Gasteiger partial charge in [-0.05, 0) is 34.1 Å². The normalized spacial score (nSPS) is 12.7. The topological polar surface area (TPSA) is 55.9 Å². The number of aromatic nitrogens is 2. The third-order valence-electron chi connectivity index (χ3n) is 2.65. The van der Waals surface area contributed by atoms with E-state index in [4.69, 9.17) is 5.84 Å². The number of hydrazine groups is 1. The molecule has 0 saturated heterocycles. The van der Waals surface area contributed by atoms with Crippen LogP contribution in [0.2, 0.25) is 0 Å². The maximum Gasteiger partial charge on any atom is 0.128 e. The SMILES string of the molecule is Cn1ncc(Br)c1C(NN)c1cc(Br)ccc1F. The summed E-state index contributed by atoms with van der Waals surface area (Å²) in [6, 6.07) is 4.25. The Kier molecular flexibility index (Phi) is 4.16. The molecule has 1 atom stereocenters. The molecule has 3 N–H and O–H groups in total. The predicted octanol–water partition coefficient (Wildman–Crippen LogP) is 2.64. The van der Waals surface area contributed by atoms with Crippen LogP contribution < -0.4 is 11.3 Å². The fraction of sp³-hybridized carbons (Fsp3) is 0.182. The maximum absolute atomic E-state index is 13.9. The molecule has 0 fully saturated rings. The molecule has 1 aromatic heterocycles. The largest absolute Gasteiger partial charge is 0.271 e. The minimum atomic E-state index is -0.482. The average molecular weight is 378 g/mol. The van der Waals surface area contributed by atoms with Crippen molar-refractivity contribution in [1.82, 2.24) is 15.2 Å². The number of nitrogens with two attached hydrogens (primary N) is 1. The summed E-state index contributed by atoms with van der Waals surface area (Å²) in [4.78, 5) is 0. The first-order chi connectivity index (χ1) is 8.54. The zero-order valence-electron chi connectivity index (χ0n) is 9.49. The van der Waals surface area contributed by atoms with Crippen molar-refractivity contribution < 1.29 is 4.39 Å². The summed E-state index contributed by atoms with van der Waals surface area (Å²) in [5.41, 5.74) is 3.83. The van der Waals surface area contributed by atoms with E-state index < -0.39 is 6.04 Å². The van der Waals surface area contributed by atoms with E-state index in [-0.39, 0.29) is 5.82 Å². The highest BCUT2D eigenvalue weighted by molar-refractivity contribution is 9.10. The van der Waals surface area contributed by atoms with Crippen LogP contribution in [0.1, 0.15) is 17.3 Å². The molecule has 1 aromatic carbocycles. The molecule has 1 unspecified atom stereocenters. The van der Waals surface area contributed by atoms with Crippen LogP contribution in [0.3, 0.4) is 0 Å².